The van der Waals surface area contributed by atoms with E-state index >= 15 is 0 Å². The number of hydrogen-bond donors (Lipinski definition) is 4. The summed E-state index contributed by atoms with van der Waals surface area (Å²) in [6, 6.07) is 9.51. The molecule has 0 saturated carbocycles. The van der Waals surface area contributed by atoms with Crippen LogP contribution in [0, 0.1) is 0 Å². The number of nitrogens with zero attached hydrogens (tertiary/aromatic N) is 2. The Kier molecular flexibility index (Phi) is 9.64. The summed E-state index contributed by atoms with van der Waals surface area (Å²) in [5.74, 6) is -0.875. The number of amides is 1. The molecule has 1 heterocycles. The molecule has 202 valence electrons. The zero-order valence-corrected chi connectivity index (χ0v) is 23.0. The van der Waals surface area contributed by atoms with Gasteiger partial charge in [-0.2, -0.15) is 23.0 Å². The SMILES string of the molecule is CCC(Cc1ccc(Nc2ncc(C(F)(F)F)c(Nc3ccc(Br)cc3C(=O)NC)n2)c(OC)c1)[P+](=O)O. The van der Waals surface area contributed by atoms with Gasteiger partial charge in [-0.15, -0.1) is 0 Å². The summed E-state index contributed by atoms with van der Waals surface area (Å²) in [7, 11) is 0.478. The molecule has 0 saturated heterocycles. The first-order valence-corrected chi connectivity index (χ1v) is 13.4. The maximum absolute atomic E-state index is 13.8. The van der Waals surface area contributed by atoms with Gasteiger partial charge in [0.15, 0.2) is 5.66 Å². The Morgan fingerprint density at radius 1 is 1.18 bits per heavy atom. The predicted octanol–water partition coefficient (Wildman–Crippen LogP) is 6.17. The molecule has 4 N–H and O–H groups in total. The van der Waals surface area contributed by atoms with Gasteiger partial charge in [0, 0.05) is 24.1 Å². The fourth-order valence-corrected chi connectivity index (χ4v) is 4.60. The molecule has 9 nitrogen and oxygen atoms in total. The van der Waals surface area contributed by atoms with Crippen molar-refractivity contribution in [3.05, 3.63) is 63.8 Å². The second-order valence-electron chi connectivity index (χ2n) is 8.08. The van der Waals surface area contributed by atoms with Crippen molar-refractivity contribution >= 4 is 53.0 Å². The number of carbonyl (C=O) groups excluding carboxylic acids is 1. The number of carbonyl (C=O) groups is 1. The highest BCUT2D eigenvalue weighted by Crippen LogP contribution is 2.37. The van der Waals surface area contributed by atoms with E-state index in [-0.39, 0.29) is 17.2 Å². The van der Waals surface area contributed by atoms with E-state index in [1.807, 2.05) is 6.92 Å². The molecule has 1 amide bonds. The minimum absolute atomic E-state index is 0.107. The number of rotatable bonds is 10. The van der Waals surface area contributed by atoms with Gasteiger partial charge in [0.1, 0.15) is 17.1 Å². The molecule has 0 aliphatic carbocycles. The second-order valence-corrected chi connectivity index (χ2v) is 10.3. The van der Waals surface area contributed by atoms with Crippen molar-refractivity contribution in [1.82, 2.24) is 15.3 Å². The van der Waals surface area contributed by atoms with E-state index in [9.17, 15) is 27.4 Å². The maximum atomic E-state index is 13.8. The highest BCUT2D eigenvalue weighted by Gasteiger charge is 2.36. The lowest BCUT2D eigenvalue weighted by atomic mass is 10.1. The van der Waals surface area contributed by atoms with Crippen molar-refractivity contribution in [1.29, 1.82) is 0 Å². The van der Waals surface area contributed by atoms with Crippen molar-refractivity contribution in [3.8, 4) is 5.75 Å². The molecule has 3 rings (SSSR count). The van der Waals surface area contributed by atoms with Crippen LogP contribution in [0.2, 0.25) is 0 Å². The van der Waals surface area contributed by atoms with Crippen LogP contribution in [0.4, 0.5) is 36.3 Å². The van der Waals surface area contributed by atoms with Gasteiger partial charge in [-0.05, 0) is 46.9 Å². The molecule has 0 aliphatic heterocycles. The van der Waals surface area contributed by atoms with Crippen LogP contribution < -0.4 is 20.7 Å². The van der Waals surface area contributed by atoms with Gasteiger partial charge >= 0.3 is 14.2 Å². The topological polar surface area (TPSA) is 125 Å². The van der Waals surface area contributed by atoms with E-state index in [0.717, 1.165) is 5.56 Å². The highest BCUT2D eigenvalue weighted by molar-refractivity contribution is 9.10. The lowest BCUT2D eigenvalue weighted by molar-refractivity contribution is -0.137. The molecule has 2 atom stereocenters. The summed E-state index contributed by atoms with van der Waals surface area (Å²) in [4.78, 5) is 29.6. The van der Waals surface area contributed by atoms with Crippen molar-refractivity contribution in [3.63, 3.8) is 0 Å². The Morgan fingerprint density at radius 2 is 1.89 bits per heavy atom. The van der Waals surface area contributed by atoms with Crippen molar-refractivity contribution in [2.24, 2.45) is 0 Å². The van der Waals surface area contributed by atoms with E-state index in [0.29, 0.717) is 34.9 Å². The van der Waals surface area contributed by atoms with Crippen LogP contribution in [0.25, 0.3) is 0 Å². The number of halogens is 4. The number of aromatic nitrogens is 2. The summed E-state index contributed by atoms with van der Waals surface area (Å²) < 4.78 is 58.8. The molecule has 14 heteroatoms. The fraction of sp³-hybridized carbons (Fsp3) is 0.292. The molecule has 0 fully saturated rings. The smallest absolute Gasteiger partial charge is 0.495 e. The molecular weight excluding hydrogens is 590 g/mol. The Morgan fingerprint density at radius 3 is 2.50 bits per heavy atom. The van der Waals surface area contributed by atoms with Crippen LogP contribution in [-0.2, 0) is 17.2 Å². The third kappa shape index (κ3) is 7.18. The molecule has 2 unspecified atom stereocenters. The second kappa shape index (κ2) is 12.5. The lowest BCUT2D eigenvalue weighted by Gasteiger charge is -2.17. The first kappa shape index (κ1) is 29.3. The standard InChI is InChI=1S/C24H24BrF3N5O4P/c1-4-15(38(35)36)9-13-5-7-19(20(10-13)37-3)32-23-30-12-17(24(26,27)28)21(33-23)31-18-8-6-14(25)11-16(18)22(34)29-2/h5-8,10-12,15H,4,9H2,1-3H3,(H3-,29,30,31,32,33,34,35,36)/p+1. The molecule has 38 heavy (non-hydrogen) atoms. The summed E-state index contributed by atoms with van der Waals surface area (Å²) >= 11 is 3.25. The first-order valence-electron chi connectivity index (χ1n) is 11.3. The maximum Gasteiger partial charge on any atom is 0.508 e. The Bertz CT molecular complexity index is 1340. The molecule has 0 radical (unpaired) electrons. The van der Waals surface area contributed by atoms with E-state index in [1.54, 1.807) is 24.3 Å². The van der Waals surface area contributed by atoms with Gasteiger partial charge in [0.2, 0.25) is 5.95 Å². The Hall–Kier alpha value is -3.28. The minimum atomic E-state index is -4.77. The number of hydrogen-bond acceptors (Lipinski definition) is 7. The van der Waals surface area contributed by atoms with E-state index in [4.69, 9.17) is 4.74 Å². The summed E-state index contributed by atoms with van der Waals surface area (Å²) in [6.45, 7) is 1.82. The average molecular weight is 615 g/mol. The van der Waals surface area contributed by atoms with E-state index in [1.165, 1.54) is 26.3 Å². The molecule has 0 aliphatic rings. The van der Waals surface area contributed by atoms with Crippen LogP contribution in [0.1, 0.15) is 34.8 Å². The predicted molar refractivity (Wildman–Crippen MR) is 142 cm³/mol. The zero-order valence-electron chi connectivity index (χ0n) is 20.6. The van der Waals surface area contributed by atoms with Gasteiger partial charge < -0.3 is 20.7 Å². The van der Waals surface area contributed by atoms with Gasteiger partial charge in [-0.3, -0.25) is 4.79 Å². The lowest BCUT2D eigenvalue weighted by Crippen LogP contribution is -2.20. The van der Waals surface area contributed by atoms with Crippen molar-refractivity contribution in [2.75, 3.05) is 24.8 Å². The highest BCUT2D eigenvalue weighted by atomic mass is 79.9. The minimum Gasteiger partial charge on any atom is -0.495 e. The zero-order chi connectivity index (χ0) is 28.0. The molecular formula is C24H25BrF3N5O4P+. The van der Waals surface area contributed by atoms with Gasteiger partial charge in [0.05, 0.1) is 24.0 Å². The van der Waals surface area contributed by atoms with Crippen LogP contribution in [0.3, 0.4) is 0 Å². The summed E-state index contributed by atoms with van der Waals surface area (Å²) in [5, 5.41) is 7.92. The fourth-order valence-electron chi connectivity index (χ4n) is 3.56. The third-order valence-electron chi connectivity index (χ3n) is 5.57. The van der Waals surface area contributed by atoms with Gasteiger partial charge in [-0.25, -0.2) is 4.98 Å². The van der Waals surface area contributed by atoms with Gasteiger partial charge in [-0.1, -0.05) is 28.9 Å². The van der Waals surface area contributed by atoms with Crippen LogP contribution >= 0.6 is 24.0 Å². The number of ether oxygens (including phenoxy) is 1. The number of benzene rings is 2. The normalized spacial score (nSPS) is 12.5. The molecule has 3 aromatic rings. The number of alkyl halides is 3. The summed E-state index contributed by atoms with van der Waals surface area (Å²) in [6.07, 6.45) is -3.26. The van der Waals surface area contributed by atoms with Crippen molar-refractivity contribution < 1.29 is 32.2 Å². The Balaban J connectivity index is 1.97. The number of methoxy groups -OCH3 is 1. The number of anilines is 4. The Labute approximate surface area is 226 Å². The molecule has 1 aromatic heterocycles. The number of nitrogens with one attached hydrogen (secondary N) is 3. The van der Waals surface area contributed by atoms with Crippen LogP contribution in [0.5, 0.6) is 5.75 Å². The van der Waals surface area contributed by atoms with Crippen LogP contribution in [-0.4, -0.2) is 40.6 Å². The van der Waals surface area contributed by atoms with Crippen LogP contribution in [0.15, 0.2) is 47.1 Å². The van der Waals surface area contributed by atoms with E-state index in [2.05, 4.69) is 41.8 Å². The average Bonchev–Trinajstić information content (AvgIpc) is 2.87. The summed E-state index contributed by atoms with van der Waals surface area (Å²) in [5.41, 5.74) is -0.200. The largest absolute Gasteiger partial charge is 0.508 e. The molecule has 0 spiro atoms. The van der Waals surface area contributed by atoms with Gasteiger partial charge in [0.25, 0.3) is 5.91 Å². The van der Waals surface area contributed by atoms with Crippen molar-refractivity contribution in [2.45, 2.75) is 31.6 Å². The molecule has 0 bridgehead atoms. The quantitative estimate of drug-likeness (QED) is 0.200. The first-order chi connectivity index (χ1) is 18.0. The van der Waals surface area contributed by atoms with E-state index < -0.39 is 37.2 Å². The monoisotopic (exact) mass is 614 g/mol. The molecule has 2 aromatic carbocycles. The third-order valence-corrected chi connectivity index (χ3v) is 7.23.